The number of isocyanates is 1. The van der Waals surface area contributed by atoms with E-state index in [1.807, 2.05) is 12.1 Å². The van der Waals surface area contributed by atoms with Crippen LogP contribution in [0.15, 0.2) is 35.6 Å². The van der Waals surface area contributed by atoms with Crippen molar-refractivity contribution in [2.45, 2.75) is 0 Å². The third kappa shape index (κ3) is 1.73. The van der Waals surface area contributed by atoms with E-state index in [4.69, 9.17) is 0 Å². The van der Waals surface area contributed by atoms with Crippen molar-refractivity contribution in [2.75, 3.05) is 0 Å². The molecule has 0 amide bonds. The van der Waals surface area contributed by atoms with Crippen LogP contribution in [0, 0.1) is 0 Å². The molecule has 6 nitrogen and oxygen atoms in total. The zero-order chi connectivity index (χ0) is 11.7. The van der Waals surface area contributed by atoms with Crippen LogP contribution in [-0.2, 0) is 4.79 Å². The molecular formula is C10H5N5OS. The number of hydrogen-bond acceptors (Lipinski definition) is 6. The summed E-state index contributed by atoms with van der Waals surface area (Å²) >= 11 is 1.45. The highest BCUT2D eigenvalue weighted by molar-refractivity contribution is 7.19. The summed E-state index contributed by atoms with van der Waals surface area (Å²) in [4.78, 5) is 14.4. The average Bonchev–Trinajstić information content (AvgIpc) is 2.90. The average molecular weight is 243 g/mol. The molecule has 3 aromatic rings. The van der Waals surface area contributed by atoms with Gasteiger partial charge in [0.1, 0.15) is 11.3 Å². The van der Waals surface area contributed by atoms with Gasteiger partial charge in [0.25, 0.3) is 0 Å². The largest absolute Gasteiger partial charge is 0.240 e. The molecule has 0 spiro atoms. The van der Waals surface area contributed by atoms with E-state index in [1.54, 1.807) is 23.0 Å². The quantitative estimate of drug-likeness (QED) is 0.508. The molecule has 1 aromatic carbocycles. The highest BCUT2D eigenvalue weighted by Crippen LogP contribution is 2.26. The lowest BCUT2D eigenvalue weighted by Gasteiger charge is -1.94. The fourth-order valence-electron chi connectivity index (χ4n) is 1.41. The smallest absolute Gasteiger partial charge is 0.211 e. The Morgan fingerprint density at radius 1 is 1.29 bits per heavy atom. The summed E-state index contributed by atoms with van der Waals surface area (Å²) in [5.74, 6) is 0. The first-order chi connectivity index (χ1) is 8.36. The van der Waals surface area contributed by atoms with Gasteiger partial charge in [-0.15, -0.1) is 10.2 Å². The number of benzene rings is 1. The van der Waals surface area contributed by atoms with Crippen LogP contribution < -0.4 is 0 Å². The van der Waals surface area contributed by atoms with Crippen LogP contribution in [0.2, 0.25) is 0 Å². The van der Waals surface area contributed by atoms with Crippen LogP contribution in [-0.4, -0.2) is 25.9 Å². The van der Waals surface area contributed by atoms with Gasteiger partial charge in [0.2, 0.25) is 11.0 Å². The summed E-state index contributed by atoms with van der Waals surface area (Å²) in [6.45, 7) is 0. The van der Waals surface area contributed by atoms with Crippen molar-refractivity contribution in [3.63, 3.8) is 0 Å². The first-order valence-electron chi connectivity index (χ1n) is 4.72. The molecule has 0 bridgehead atoms. The van der Waals surface area contributed by atoms with Gasteiger partial charge in [0.15, 0.2) is 0 Å². The van der Waals surface area contributed by atoms with Gasteiger partial charge in [-0.3, -0.25) is 0 Å². The highest BCUT2D eigenvalue weighted by Gasteiger charge is 2.07. The monoisotopic (exact) mass is 243 g/mol. The zero-order valence-electron chi connectivity index (χ0n) is 8.44. The molecule has 0 unspecified atom stereocenters. The van der Waals surface area contributed by atoms with Gasteiger partial charge in [0, 0.05) is 5.56 Å². The number of rotatable bonds is 2. The Morgan fingerprint density at radius 2 is 2.12 bits per heavy atom. The Kier molecular flexibility index (Phi) is 2.25. The second kappa shape index (κ2) is 3.89. The Hall–Kier alpha value is -2.37. The van der Waals surface area contributed by atoms with Crippen molar-refractivity contribution in [3.8, 4) is 10.6 Å². The maximum absolute atomic E-state index is 10.1. The predicted molar refractivity (Wildman–Crippen MR) is 61.9 cm³/mol. The molecule has 0 saturated heterocycles. The molecule has 0 atom stereocenters. The van der Waals surface area contributed by atoms with Crippen molar-refractivity contribution in [1.82, 2.24) is 19.8 Å². The molecule has 0 aliphatic heterocycles. The summed E-state index contributed by atoms with van der Waals surface area (Å²) in [7, 11) is 0. The second-order valence-electron chi connectivity index (χ2n) is 3.22. The van der Waals surface area contributed by atoms with E-state index in [-0.39, 0.29) is 0 Å². The van der Waals surface area contributed by atoms with Crippen molar-refractivity contribution in [3.05, 3.63) is 30.6 Å². The minimum absolute atomic E-state index is 0.576. The Balaban J connectivity index is 2.03. The number of aliphatic imine (C=N–C) groups is 1. The molecule has 3 rings (SSSR count). The molecule has 82 valence electrons. The molecular weight excluding hydrogens is 238 g/mol. The van der Waals surface area contributed by atoms with Gasteiger partial charge in [0.05, 0.1) is 5.69 Å². The number of aromatic nitrogens is 4. The van der Waals surface area contributed by atoms with Crippen LogP contribution in [0.4, 0.5) is 5.69 Å². The molecule has 2 heterocycles. The van der Waals surface area contributed by atoms with Crippen LogP contribution in [0.25, 0.3) is 15.5 Å². The van der Waals surface area contributed by atoms with Crippen molar-refractivity contribution < 1.29 is 4.79 Å². The molecule has 0 saturated carbocycles. The Labute approximate surface area is 99.3 Å². The molecule has 2 aromatic heterocycles. The lowest BCUT2D eigenvalue weighted by Crippen LogP contribution is -1.81. The minimum atomic E-state index is 0.576. The number of nitrogens with zero attached hydrogens (tertiary/aromatic N) is 5. The summed E-state index contributed by atoms with van der Waals surface area (Å²) < 4.78 is 1.62. The molecule has 17 heavy (non-hydrogen) atoms. The number of carbonyl (C=O) groups excluding carboxylic acids is 1. The second-order valence-corrected chi connectivity index (χ2v) is 4.17. The van der Waals surface area contributed by atoms with E-state index < -0.39 is 0 Å². The predicted octanol–water partition coefficient (Wildman–Crippen LogP) is 1.82. The van der Waals surface area contributed by atoms with Gasteiger partial charge < -0.3 is 0 Å². The molecule has 0 radical (unpaired) electrons. The Morgan fingerprint density at radius 3 is 2.82 bits per heavy atom. The lowest BCUT2D eigenvalue weighted by molar-refractivity contribution is 0.565. The maximum atomic E-state index is 10.1. The van der Waals surface area contributed by atoms with Gasteiger partial charge >= 0.3 is 0 Å². The molecule has 0 aliphatic rings. The fourth-order valence-corrected chi connectivity index (χ4v) is 2.23. The molecule has 0 aliphatic carbocycles. The maximum Gasteiger partial charge on any atom is 0.240 e. The van der Waals surface area contributed by atoms with Gasteiger partial charge in [-0.05, 0) is 24.3 Å². The lowest BCUT2D eigenvalue weighted by atomic mass is 10.2. The van der Waals surface area contributed by atoms with E-state index in [1.165, 1.54) is 17.4 Å². The number of hydrogen-bond donors (Lipinski definition) is 0. The number of fused-ring (bicyclic) bond motifs is 1. The van der Waals surface area contributed by atoms with E-state index in [9.17, 15) is 4.79 Å². The molecule has 0 N–H and O–H groups in total. The van der Waals surface area contributed by atoms with Crippen molar-refractivity contribution in [2.24, 2.45) is 4.99 Å². The van der Waals surface area contributed by atoms with Crippen molar-refractivity contribution in [1.29, 1.82) is 0 Å². The molecule has 7 heteroatoms. The van der Waals surface area contributed by atoms with E-state index in [0.717, 1.165) is 15.5 Å². The normalized spacial score (nSPS) is 10.4. The van der Waals surface area contributed by atoms with E-state index >= 15 is 0 Å². The third-order valence-electron chi connectivity index (χ3n) is 2.18. The SMILES string of the molecule is O=C=Nc1ccc(-c2nn3cnnc3s2)cc1. The van der Waals surface area contributed by atoms with Crippen molar-refractivity contribution >= 4 is 28.1 Å². The molecule has 0 fully saturated rings. The summed E-state index contributed by atoms with van der Waals surface area (Å²) in [6.07, 6.45) is 3.06. The van der Waals surface area contributed by atoms with Gasteiger partial charge in [-0.2, -0.15) is 14.6 Å². The summed E-state index contributed by atoms with van der Waals surface area (Å²) in [6, 6.07) is 7.18. The standard InChI is InChI=1S/C10H5N5OS/c16-6-11-8-3-1-7(2-4-8)9-14-15-5-12-13-10(15)17-9/h1-5H. The summed E-state index contributed by atoms with van der Waals surface area (Å²) in [5.41, 5.74) is 1.53. The van der Waals surface area contributed by atoms with E-state index in [2.05, 4.69) is 20.3 Å². The van der Waals surface area contributed by atoms with Gasteiger partial charge in [-0.25, -0.2) is 4.79 Å². The zero-order valence-corrected chi connectivity index (χ0v) is 9.26. The van der Waals surface area contributed by atoms with Crippen LogP contribution >= 0.6 is 11.3 Å². The van der Waals surface area contributed by atoms with Gasteiger partial charge in [-0.1, -0.05) is 11.3 Å². The highest BCUT2D eigenvalue weighted by atomic mass is 32.1. The summed E-state index contributed by atoms with van der Waals surface area (Å²) in [5, 5.41) is 12.8. The van der Waals surface area contributed by atoms with Crippen LogP contribution in [0.1, 0.15) is 0 Å². The first kappa shape index (κ1) is 9.83. The third-order valence-corrected chi connectivity index (χ3v) is 3.14. The van der Waals surface area contributed by atoms with Crippen LogP contribution in [0.5, 0.6) is 0 Å². The topological polar surface area (TPSA) is 72.5 Å². The Bertz CT molecular complexity index is 679. The van der Waals surface area contributed by atoms with Crippen LogP contribution in [0.3, 0.4) is 0 Å². The minimum Gasteiger partial charge on any atom is -0.211 e. The first-order valence-corrected chi connectivity index (χ1v) is 5.53. The fraction of sp³-hybridized carbons (Fsp3) is 0. The van der Waals surface area contributed by atoms with E-state index in [0.29, 0.717) is 5.69 Å².